The molecule has 1 aromatic rings. The molecule has 4 nitrogen and oxygen atoms in total. The van der Waals surface area contributed by atoms with E-state index in [4.69, 9.17) is 14.6 Å². The first-order valence-corrected chi connectivity index (χ1v) is 4.65. The van der Waals surface area contributed by atoms with Crippen molar-refractivity contribution in [2.45, 2.75) is 6.42 Å². The van der Waals surface area contributed by atoms with Gasteiger partial charge < -0.3 is 14.6 Å². The number of benzene rings is 1. The van der Waals surface area contributed by atoms with Crippen molar-refractivity contribution in [3.05, 3.63) is 24.3 Å². The average Bonchev–Trinajstić information content (AvgIpc) is 2.29. The lowest BCUT2D eigenvalue weighted by atomic mass is 10.3. The number of hydrogen-bond donors (Lipinski definition) is 1. The van der Waals surface area contributed by atoms with E-state index in [1.54, 1.807) is 19.2 Å². The van der Waals surface area contributed by atoms with E-state index in [9.17, 15) is 4.79 Å². The molecule has 1 aromatic carbocycles. The normalized spacial score (nSPS) is 9.73. The van der Waals surface area contributed by atoms with E-state index in [2.05, 4.69) is 0 Å². The Morgan fingerprint density at radius 3 is 2.80 bits per heavy atom. The second-order valence-corrected chi connectivity index (χ2v) is 2.97. The molecule has 15 heavy (non-hydrogen) atoms. The maximum absolute atomic E-state index is 10.8. The van der Waals surface area contributed by atoms with Gasteiger partial charge in [-0.25, -0.2) is 0 Å². The molecule has 0 saturated heterocycles. The molecule has 0 aromatic heterocycles. The van der Waals surface area contributed by atoms with Crippen molar-refractivity contribution in [1.82, 2.24) is 0 Å². The Hall–Kier alpha value is -1.55. The van der Waals surface area contributed by atoms with Gasteiger partial charge in [0.25, 0.3) is 0 Å². The molecule has 0 aliphatic carbocycles. The molecule has 0 radical (unpaired) electrons. The summed E-state index contributed by atoms with van der Waals surface area (Å²) < 4.78 is 10.3. The van der Waals surface area contributed by atoms with Crippen LogP contribution in [0.5, 0.6) is 11.5 Å². The van der Waals surface area contributed by atoms with E-state index in [0.717, 1.165) is 0 Å². The molecule has 0 fully saturated rings. The monoisotopic (exact) mass is 210 g/mol. The Kier molecular flexibility index (Phi) is 4.63. The minimum atomic E-state index is -0.429. The van der Waals surface area contributed by atoms with Crippen LogP contribution >= 0.6 is 0 Å². The number of aliphatic hydroxyl groups is 1. The predicted molar refractivity (Wildman–Crippen MR) is 55.2 cm³/mol. The topological polar surface area (TPSA) is 55.8 Å². The molecule has 1 N–H and O–H groups in total. The van der Waals surface area contributed by atoms with E-state index in [1.807, 2.05) is 12.1 Å². The van der Waals surface area contributed by atoms with Gasteiger partial charge in [0, 0.05) is 12.5 Å². The predicted octanol–water partition coefficient (Wildman–Crippen LogP) is 1.03. The van der Waals surface area contributed by atoms with Gasteiger partial charge in [-0.15, -0.1) is 0 Å². The second-order valence-electron chi connectivity index (χ2n) is 2.97. The van der Waals surface area contributed by atoms with Crippen LogP contribution in [0.2, 0.25) is 0 Å². The van der Waals surface area contributed by atoms with Crippen molar-refractivity contribution >= 4 is 5.78 Å². The number of carbonyl (C=O) groups excluding carboxylic acids is 1. The minimum Gasteiger partial charge on any atom is -0.497 e. The van der Waals surface area contributed by atoms with Crippen LogP contribution in [0.1, 0.15) is 6.42 Å². The van der Waals surface area contributed by atoms with Gasteiger partial charge in [0.2, 0.25) is 0 Å². The van der Waals surface area contributed by atoms with Gasteiger partial charge in [0.15, 0.2) is 5.78 Å². The fourth-order valence-corrected chi connectivity index (χ4v) is 1.05. The first kappa shape index (κ1) is 11.5. The molecule has 0 unspecified atom stereocenters. The van der Waals surface area contributed by atoms with Gasteiger partial charge in [-0.3, -0.25) is 4.79 Å². The van der Waals surface area contributed by atoms with Crippen molar-refractivity contribution in [3.8, 4) is 11.5 Å². The number of hydrogen-bond acceptors (Lipinski definition) is 4. The molecule has 0 saturated carbocycles. The largest absolute Gasteiger partial charge is 0.497 e. The Morgan fingerprint density at radius 1 is 1.40 bits per heavy atom. The first-order valence-electron chi connectivity index (χ1n) is 4.65. The van der Waals surface area contributed by atoms with Crippen molar-refractivity contribution in [2.24, 2.45) is 0 Å². The van der Waals surface area contributed by atoms with Crippen LogP contribution in [0.4, 0.5) is 0 Å². The van der Waals surface area contributed by atoms with Gasteiger partial charge in [-0.2, -0.15) is 0 Å². The van der Waals surface area contributed by atoms with Crippen molar-refractivity contribution < 1.29 is 19.4 Å². The van der Waals surface area contributed by atoms with Crippen LogP contribution in [-0.4, -0.2) is 31.2 Å². The summed E-state index contributed by atoms with van der Waals surface area (Å²) in [4.78, 5) is 10.8. The van der Waals surface area contributed by atoms with Gasteiger partial charge in [-0.05, 0) is 12.1 Å². The molecular weight excluding hydrogens is 196 g/mol. The first-order chi connectivity index (χ1) is 7.26. The zero-order valence-corrected chi connectivity index (χ0v) is 8.60. The molecule has 1 rings (SSSR count). The van der Waals surface area contributed by atoms with E-state index >= 15 is 0 Å². The third-order valence-electron chi connectivity index (χ3n) is 1.87. The lowest BCUT2D eigenvalue weighted by Gasteiger charge is -2.06. The third-order valence-corrected chi connectivity index (χ3v) is 1.87. The number of ether oxygens (including phenoxy) is 2. The summed E-state index contributed by atoms with van der Waals surface area (Å²) in [5, 5.41) is 8.49. The van der Waals surface area contributed by atoms with Crippen LogP contribution in [0.15, 0.2) is 24.3 Å². The third kappa shape index (κ3) is 3.99. The molecule has 0 spiro atoms. The standard InChI is InChI=1S/C11H14O4/c1-14-10-3-2-4-11(7-10)15-6-5-9(13)8-12/h2-4,7,12H,5-6,8H2,1H3. The molecule has 0 amide bonds. The number of ketones is 1. The van der Waals surface area contributed by atoms with Gasteiger partial charge in [0.05, 0.1) is 13.7 Å². The lowest BCUT2D eigenvalue weighted by molar-refractivity contribution is -0.122. The van der Waals surface area contributed by atoms with Crippen LogP contribution in [0, 0.1) is 0 Å². The second kappa shape index (κ2) is 6.03. The molecule has 0 bridgehead atoms. The van der Waals surface area contributed by atoms with E-state index in [-0.39, 0.29) is 18.8 Å². The maximum Gasteiger partial charge on any atom is 0.161 e. The summed E-state index contributed by atoms with van der Waals surface area (Å²) in [6.45, 7) is -0.159. The fourth-order valence-electron chi connectivity index (χ4n) is 1.05. The van der Waals surface area contributed by atoms with E-state index in [0.29, 0.717) is 11.5 Å². The van der Waals surface area contributed by atoms with Gasteiger partial charge >= 0.3 is 0 Å². The number of carbonyl (C=O) groups is 1. The Labute approximate surface area is 88.4 Å². The van der Waals surface area contributed by atoms with Crippen molar-refractivity contribution in [3.63, 3.8) is 0 Å². The molecule has 0 aliphatic rings. The van der Waals surface area contributed by atoms with Gasteiger partial charge in [-0.1, -0.05) is 6.07 Å². The Bertz CT molecular complexity index is 322. The summed E-state index contributed by atoms with van der Waals surface area (Å²) in [6.07, 6.45) is 0.216. The number of rotatable bonds is 6. The smallest absolute Gasteiger partial charge is 0.161 e. The maximum atomic E-state index is 10.8. The highest BCUT2D eigenvalue weighted by molar-refractivity contribution is 5.79. The summed E-state index contributed by atoms with van der Waals surface area (Å²) in [7, 11) is 1.58. The SMILES string of the molecule is COc1cccc(OCCC(=O)CO)c1. The molecule has 0 aliphatic heterocycles. The van der Waals surface area contributed by atoms with Gasteiger partial charge in [0.1, 0.15) is 18.1 Å². The van der Waals surface area contributed by atoms with Crippen LogP contribution < -0.4 is 9.47 Å². The van der Waals surface area contributed by atoms with Crippen molar-refractivity contribution in [2.75, 3.05) is 20.3 Å². The molecule has 0 heterocycles. The molecular formula is C11H14O4. The fraction of sp³-hybridized carbons (Fsp3) is 0.364. The highest BCUT2D eigenvalue weighted by Gasteiger charge is 2.00. The molecule has 0 atom stereocenters. The van der Waals surface area contributed by atoms with Crippen LogP contribution in [0.25, 0.3) is 0 Å². The van der Waals surface area contributed by atoms with Crippen LogP contribution in [0.3, 0.4) is 0 Å². The number of aliphatic hydroxyl groups excluding tert-OH is 1. The van der Waals surface area contributed by atoms with Crippen LogP contribution in [-0.2, 0) is 4.79 Å². The number of methoxy groups -OCH3 is 1. The summed E-state index contributed by atoms with van der Waals surface area (Å²) in [5.74, 6) is 1.14. The lowest BCUT2D eigenvalue weighted by Crippen LogP contribution is -2.09. The highest BCUT2D eigenvalue weighted by Crippen LogP contribution is 2.18. The Balaban J connectivity index is 2.40. The summed E-state index contributed by atoms with van der Waals surface area (Å²) >= 11 is 0. The quantitative estimate of drug-likeness (QED) is 0.761. The Morgan fingerprint density at radius 2 is 2.13 bits per heavy atom. The zero-order chi connectivity index (χ0) is 11.1. The van der Waals surface area contributed by atoms with E-state index in [1.165, 1.54) is 0 Å². The zero-order valence-electron chi connectivity index (χ0n) is 8.60. The number of Topliss-reactive ketones (excluding diaryl/α,β-unsaturated/α-hetero) is 1. The summed E-state index contributed by atoms with van der Waals surface area (Å²) in [6, 6.07) is 7.14. The van der Waals surface area contributed by atoms with E-state index < -0.39 is 6.61 Å². The molecule has 4 heteroatoms. The van der Waals surface area contributed by atoms with Crippen molar-refractivity contribution in [1.29, 1.82) is 0 Å². The average molecular weight is 210 g/mol. The highest BCUT2D eigenvalue weighted by atomic mass is 16.5. The minimum absolute atomic E-state index is 0.216. The summed E-state index contributed by atoms with van der Waals surface area (Å²) in [5.41, 5.74) is 0. The molecule has 82 valence electrons.